The van der Waals surface area contributed by atoms with Crippen LogP contribution in [0.1, 0.15) is 15.9 Å². The molecule has 158 valence electrons. The Balaban J connectivity index is 1.80. The number of carbonyl (C=O) groups is 1. The summed E-state index contributed by atoms with van der Waals surface area (Å²) in [5, 5.41) is 22.3. The number of rotatable bonds is 5. The number of carbonyl (C=O) groups excluding carboxylic acids is 1. The molecular weight excluding hydrogens is 424 g/mol. The highest BCUT2D eigenvalue weighted by molar-refractivity contribution is 7.20. The van der Waals surface area contributed by atoms with Gasteiger partial charge in [0.2, 0.25) is 5.88 Å². The molecular formula is C25H18N2O4S. The van der Waals surface area contributed by atoms with E-state index in [2.05, 4.69) is 4.98 Å². The number of hydrogen-bond donors (Lipinski definition) is 2. The lowest BCUT2D eigenvalue weighted by molar-refractivity contribution is 0.103. The third-order valence-corrected chi connectivity index (χ3v) is 6.24. The smallest absolute Gasteiger partial charge is 0.242 e. The maximum atomic E-state index is 13.4. The van der Waals surface area contributed by atoms with Gasteiger partial charge in [-0.3, -0.25) is 9.36 Å². The fourth-order valence-corrected chi connectivity index (χ4v) is 4.64. The number of methoxy groups -OCH3 is 1. The van der Waals surface area contributed by atoms with Gasteiger partial charge in [0.1, 0.15) is 5.75 Å². The molecule has 0 atom stereocenters. The van der Waals surface area contributed by atoms with Crippen LogP contribution in [0, 0.1) is 0 Å². The summed E-state index contributed by atoms with van der Waals surface area (Å²) in [6.07, 6.45) is 0. The van der Waals surface area contributed by atoms with E-state index in [9.17, 15) is 15.0 Å². The lowest BCUT2D eigenvalue weighted by Crippen LogP contribution is -2.04. The van der Waals surface area contributed by atoms with Crippen LogP contribution in [0.3, 0.4) is 0 Å². The molecule has 0 amide bonds. The van der Waals surface area contributed by atoms with Crippen LogP contribution in [0.2, 0.25) is 0 Å². The van der Waals surface area contributed by atoms with Gasteiger partial charge < -0.3 is 14.9 Å². The molecule has 5 aromatic rings. The van der Waals surface area contributed by atoms with Crippen LogP contribution in [-0.4, -0.2) is 32.7 Å². The number of hydrogen-bond acceptors (Lipinski definition) is 6. The van der Waals surface area contributed by atoms with Crippen molar-refractivity contribution in [1.82, 2.24) is 9.55 Å². The molecule has 2 N–H and O–H groups in total. The zero-order valence-corrected chi connectivity index (χ0v) is 17.8. The first-order valence-electron chi connectivity index (χ1n) is 9.85. The Kier molecular flexibility index (Phi) is 4.88. The fraction of sp³-hybridized carbons (Fsp3) is 0.0400. The highest BCUT2D eigenvalue weighted by Crippen LogP contribution is 2.45. The number of aromatic hydroxyl groups is 2. The minimum absolute atomic E-state index is 0.0122. The molecule has 0 bridgehead atoms. The molecule has 6 nitrogen and oxygen atoms in total. The van der Waals surface area contributed by atoms with Gasteiger partial charge in [-0.15, -0.1) is 0 Å². The first-order valence-corrected chi connectivity index (χ1v) is 10.7. The molecule has 3 aromatic carbocycles. The van der Waals surface area contributed by atoms with Crippen molar-refractivity contribution < 1.29 is 19.7 Å². The Hall–Kier alpha value is -4.10. The van der Waals surface area contributed by atoms with Gasteiger partial charge in [0.15, 0.2) is 16.7 Å². The molecule has 0 saturated carbocycles. The van der Waals surface area contributed by atoms with Crippen molar-refractivity contribution in [2.45, 2.75) is 0 Å². The van der Waals surface area contributed by atoms with Crippen molar-refractivity contribution in [2.24, 2.45) is 0 Å². The maximum absolute atomic E-state index is 13.4. The van der Waals surface area contributed by atoms with Crippen LogP contribution < -0.4 is 4.74 Å². The number of aromatic nitrogens is 2. The van der Waals surface area contributed by atoms with Crippen LogP contribution in [0.5, 0.6) is 17.4 Å². The normalized spacial score (nSPS) is 11.0. The zero-order valence-electron chi connectivity index (χ0n) is 17.0. The third kappa shape index (κ3) is 3.19. The van der Waals surface area contributed by atoms with Gasteiger partial charge in [0, 0.05) is 5.56 Å². The number of benzene rings is 3. The second-order valence-corrected chi connectivity index (χ2v) is 8.13. The van der Waals surface area contributed by atoms with Crippen molar-refractivity contribution in [3.63, 3.8) is 0 Å². The second kappa shape index (κ2) is 7.86. The van der Waals surface area contributed by atoms with Crippen molar-refractivity contribution in [3.8, 4) is 33.8 Å². The highest BCUT2D eigenvalue weighted by Gasteiger charge is 2.31. The molecule has 0 unspecified atom stereocenters. The summed E-state index contributed by atoms with van der Waals surface area (Å²) in [6.45, 7) is 0. The molecule has 0 fully saturated rings. The molecule has 0 radical (unpaired) electrons. The first kappa shape index (κ1) is 19.8. The maximum Gasteiger partial charge on any atom is 0.242 e. The standard InChI is InChI=1S/C25H18N2O4S/c1-31-17-13-11-15(12-14-17)21-20(22(28)16-7-3-2-4-8-16)23(29)24(30)27(21)25-26-18-9-5-6-10-19(18)32-25/h2-14,29-30H,1H3. The van der Waals surface area contributed by atoms with E-state index < -0.39 is 17.4 Å². The van der Waals surface area contributed by atoms with Crippen molar-refractivity contribution in [2.75, 3.05) is 7.11 Å². The topological polar surface area (TPSA) is 84.6 Å². The minimum atomic E-state index is -0.482. The van der Waals surface area contributed by atoms with E-state index in [1.54, 1.807) is 55.6 Å². The van der Waals surface area contributed by atoms with Crippen LogP contribution in [0.15, 0.2) is 78.9 Å². The second-order valence-electron chi connectivity index (χ2n) is 7.12. The quantitative estimate of drug-likeness (QED) is 0.356. The van der Waals surface area contributed by atoms with E-state index in [1.807, 2.05) is 30.3 Å². The number of thiazole rings is 1. The van der Waals surface area contributed by atoms with Crippen molar-refractivity contribution in [3.05, 3.63) is 90.0 Å². The van der Waals surface area contributed by atoms with E-state index >= 15 is 0 Å². The average Bonchev–Trinajstić information content (AvgIpc) is 3.38. The predicted octanol–water partition coefficient (Wildman–Crippen LogP) is 5.40. The third-order valence-electron chi connectivity index (χ3n) is 5.22. The summed E-state index contributed by atoms with van der Waals surface area (Å²) >= 11 is 1.36. The summed E-state index contributed by atoms with van der Waals surface area (Å²) in [4.78, 5) is 18.1. The van der Waals surface area contributed by atoms with Gasteiger partial charge in [-0.2, -0.15) is 0 Å². The van der Waals surface area contributed by atoms with E-state index in [0.717, 1.165) is 10.2 Å². The number of ketones is 1. The zero-order chi connectivity index (χ0) is 22.2. The number of para-hydroxylation sites is 1. The van der Waals surface area contributed by atoms with E-state index in [-0.39, 0.29) is 5.56 Å². The van der Waals surface area contributed by atoms with E-state index in [1.165, 1.54) is 15.9 Å². The van der Waals surface area contributed by atoms with Gasteiger partial charge in [0.25, 0.3) is 0 Å². The lowest BCUT2D eigenvalue weighted by Gasteiger charge is -2.10. The fourth-order valence-electron chi connectivity index (χ4n) is 3.66. The van der Waals surface area contributed by atoms with E-state index in [4.69, 9.17) is 4.74 Å². The molecule has 0 spiro atoms. The average molecular weight is 442 g/mol. The largest absolute Gasteiger partial charge is 0.503 e. The Morgan fingerprint density at radius 3 is 2.31 bits per heavy atom. The molecule has 2 heterocycles. The van der Waals surface area contributed by atoms with Crippen LogP contribution in [0.4, 0.5) is 0 Å². The summed E-state index contributed by atoms with van der Waals surface area (Å²) in [5.41, 5.74) is 2.16. The first-order chi connectivity index (χ1) is 15.6. The molecule has 0 aliphatic rings. The molecule has 32 heavy (non-hydrogen) atoms. The minimum Gasteiger partial charge on any atom is -0.503 e. The Bertz CT molecular complexity index is 1400. The van der Waals surface area contributed by atoms with Crippen LogP contribution in [-0.2, 0) is 0 Å². The Morgan fingerprint density at radius 2 is 1.62 bits per heavy atom. The summed E-state index contributed by atoms with van der Waals surface area (Å²) < 4.78 is 7.60. The van der Waals surface area contributed by atoms with Crippen LogP contribution >= 0.6 is 11.3 Å². The molecule has 7 heteroatoms. The SMILES string of the molecule is COc1ccc(-c2c(C(=O)c3ccccc3)c(O)c(O)n2-c2nc3ccccc3s2)cc1. The van der Waals surface area contributed by atoms with Gasteiger partial charge in [-0.25, -0.2) is 4.98 Å². The van der Waals surface area contributed by atoms with E-state index in [0.29, 0.717) is 27.7 Å². The molecule has 5 rings (SSSR count). The van der Waals surface area contributed by atoms with Gasteiger partial charge in [-0.05, 0) is 42.0 Å². The lowest BCUT2D eigenvalue weighted by atomic mass is 9.99. The number of nitrogens with zero attached hydrogens (tertiary/aromatic N) is 2. The molecule has 0 aliphatic carbocycles. The molecule has 0 saturated heterocycles. The molecule has 2 aromatic heterocycles. The highest BCUT2D eigenvalue weighted by atomic mass is 32.1. The van der Waals surface area contributed by atoms with Gasteiger partial charge in [-0.1, -0.05) is 53.8 Å². The van der Waals surface area contributed by atoms with Gasteiger partial charge in [0.05, 0.1) is 28.6 Å². The van der Waals surface area contributed by atoms with Crippen molar-refractivity contribution in [1.29, 1.82) is 0 Å². The molecule has 0 aliphatic heterocycles. The summed E-state index contributed by atoms with van der Waals surface area (Å²) in [6, 6.07) is 23.3. The number of fused-ring (bicyclic) bond motifs is 1. The van der Waals surface area contributed by atoms with Crippen LogP contribution in [0.25, 0.3) is 26.6 Å². The Labute approximate surface area is 187 Å². The summed E-state index contributed by atoms with van der Waals surface area (Å²) in [5.74, 6) is -0.668. The number of ether oxygens (including phenoxy) is 1. The summed E-state index contributed by atoms with van der Waals surface area (Å²) in [7, 11) is 1.57. The monoisotopic (exact) mass is 442 g/mol. The van der Waals surface area contributed by atoms with Gasteiger partial charge >= 0.3 is 0 Å². The predicted molar refractivity (Wildman–Crippen MR) is 124 cm³/mol. The van der Waals surface area contributed by atoms with Crippen molar-refractivity contribution >= 4 is 27.3 Å². The Morgan fingerprint density at radius 1 is 0.938 bits per heavy atom.